The third kappa shape index (κ3) is 3.37. The predicted octanol–water partition coefficient (Wildman–Crippen LogP) is -0.569. The second-order valence-corrected chi connectivity index (χ2v) is 4.38. The Balaban J connectivity index is 2.03. The van der Waals surface area contributed by atoms with Gasteiger partial charge in [0.1, 0.15) is 5.69 Å². The van der Waals surface area contributed by atoms with E-state index in [4.69, 9.17) is 8.74 Å². The number of rotatable bonds is 5. The molecule has 0 saturated carbocycles. The summed E-state index contributed by atoms with van der Waals surface area (Å²) in [6.07, 6.45) is 2.10. The highest BCUT2D eigenvalue weighted by Crippen LogP contribution is 2.16. The van der Waals surface area contributed by atoms with E-state index in [1.54, 1.807) is 12.1 Å². The fourth-order valence-electron chi connectivity index (χ4n) is 1.54. The molecule has 2 heterocycles. The Morgan fingerprint density at radius 3 is 3.00 bits per heavy atom. The van der Waals surface area contributed by atoms with Crippen molar-refractivity contribution in [1.82, 2.24) is 5.32 Å². The fourth-order valence-corrected chi connectivity index (χ4v) is 1.92. The highest BCUT2D eigenvalue weighted by atomic mass is 32.2. The van der Waals surface area contributed by atoms with Crippen molar-refractivity contribution in [3.8, 4) is 0 Å². The zero-order chi connectivity index (χ0) is 12.3. The first-order valence-corrected chi connectivity index (χ1v) is 6.12. The van der Waals surface area contributed by atoms with Crippen LogP contribution < -0.4 is 15.4 Å². The van der Waals surface area contributed by atoms with Crippen molar-refractivity contribution in [2.45, 2.75) is 6.23 Å². The van der Waals surface area contributed by atoms with E-state index < -0.39 is 17.6 Å². The van der Waals surface area contributed by atoms with Crippen LogP contribution in [0.2, 0.25) is 0 Å². The van der Waals surface area contributed by atoms with Crippen molar-refractivity contribution >= 4 is 17.0 Å². The van der Waals surface area contributed by atoms with Gasteiger partial charge in [0, 0.05) is 25.1 Å². The maximum absolute atomic E-state index is 11.1. The van der Waals surface area contributed by atoms with E-state index in [0.29, 0.717) is 23.5 Å². The first kappa shape index (κ1) is 12.2. The fraction of sp³-hybridized carbons (Fsp3) is 0.444. The standard InChI is InChI=1S/C9H13N3O4S/c13-12-3-1-2-8(6-12)11-9(16-17(14)15)7-4-10-5-7/h1-3,6-7,9-11H,4-5H2,(H,14,15). The number of hydrogen-bond donors (Lipinski definition) is 3. The van der Waals surface area contributed by atoms with Crippen molar-refractivity contribution in [3.63, 3.8) is 0 Å². The van der Waals surface area contributed by atoms with Crippen LogP contribution in [0.15, 0.2) is 24.5 Å². The van der Waals surface area contributed by atoms with Gasteiger partial charge in [0.25, 0.3) is 0 Å². The summed E-state index contributed by atoms with van der Waals surface area (Å²) < 4.78 is 24.9. The number of nitrogens with one attached hydrogen (secondary N) is 2. The van der Waals surface area contributed by atoms with E-state index in [0.717, 1.165) is 0 Å². The van der Waals surface area contributed by atoms with Gasteiger partial charge in [-0.2, -0.15) is 8.94 Å². The highest BCUT2D eigenvalue weighted by Gasteiger charge is 2.29. The van der Waals surface area contributed by atoms with Crippen LogP contribution >= 0.6 is 0 Å². The molecule has 0 radical (unpaired) electrons. The summed E-state index contributed by atoms with van der Waals surface area (Å²) in [4.78, 5) is 0. The molecule has 7 nitrogen and oxygen atoms in total. The van der Waals surface area contributed by atoms with Gasteiger partial charge >= 0.3 is 11.4 Å². The molecule has 1 aliphatic heterocycles. The summed E-state index contributed by atoms with van der Waals surface area (Å²) in [5.74, 6) is 0.103. The lowest BCUT2D eigenvalue weighted by Crippen LogP contribution is -2.52. The molecule has 1 saturated heterocycles. The molecule has 8 heteroatoms. The third-order valence-corrected chi connectivity index (χ3v) is 2.88. The maximum Gasteiger partial charge on any atom is 0.304 e. The number of nitrogens with zero attached hydrogens (tertiary/aromatic N) is 1. The lowest BCUT2D eigenvalue weighted by molar-refractivity contribution is -0.604. The molecule has 0 aromatic carbocycles. The van der Waals surface area contributed by atoms with E-state index in [-0.39, 0.29) is 5.92 Å². The van der Waals surface area contributed by atoms with Crippen LogP contribution in [0.5, 0.6) is 0 Å². The van der Waals surface area contributed by atoms with Crippen molar-refractivity contribution in [2.75, 3.05) is 18.4 Å². The molecule has 94 valence electrons. The minimum atomic E-state index is -2.34. The molecule has 1 fully saturated rings. The zero-order valence-electron chi connectivity index (χ0n) is 8.91. The molecular weight excluding hydrogens is 246 g/mol. The van der Waals surface area contributed by atoms with Crippen LogP contribution in [-0.4, -0.2) is 28.1 Å². The van der Waals surface area contributed by atoms with Gasteiger partial charge in [-0.25, -0.2) is 4.18 Å². The maximum atomic E-state index is 11.1. The van der Waals surface area contributed by atoms with Gasteiger partial charge in [-0.05, 0) is 6.07 Å². The van der Waals surface area contributed by atoms with Gasteiger partial charge in [-0.1, -0.05) is 0 Å². The number of aromatic nitrogens is 1. The summed E-state index contributed by atoms with van der Waals surface area (Å²) in [6, 6.07) is 3.28. The Morgan fingerprint density at radius 2 is 2.47 bits per heavy atom. The molecule has 0 bridgehead atoms. The molecule has 0 aliphatic carbocycles. The molecule has 0 amide bonds. The smallest absolute Gasteiger partial charge is 0.304 e. The molecule has 1 aromatic rings. The monoisotopic (exact) mass is 259 g/mol. The highest BCUT2D eigenvalue weighted by molar-refractivity contribution is 7.74. The van der Waals surface area contributed by atoms with Crippen molar-refractivity contribution in [3.05, 3.63) is 29.7 Å². The van der Waals surface area contributed by atoms with Crippen LogP contribution in [0.3, 0.4) is 0 Å². The largest absolute Gasteiger partial charge is 0.619 e. The van der Waals surface area contributed by atoms with Gasteiger partial charge in [0.2, 0.25) is 6.20 Å². The first-order chi connectivity index (χ1) is 8.15. The average Bonchev–Trinajstić information content (AvgIpc) is 2.13. The van der Waals surface area contributed by atoms with Crippen molar-refractivity contribution in [1.29, 1.82) is 0 Å². The quantitative estimate of drug-likeness (QED) is 0.283. The van der Waals surface area contributed by atoms with Gasteiger partial charge < -0.3 is 15.8 Å². The molecule has 2 unspecified atom stereocenters. The lowest BCUT2D eigenvalue weighted by atomic mass is 10.0. The zero-order valence-corrected chi connectivity index (χ0v) is 9.72. The summed E-state index contributed by atoms with van der Waals surface area (Å²) >= 11 is -2.34. The molecule has 3 N–H and O–H groups in total. The van der Waals surface area contributed by atoms with Crippen LogP contribution in [0, 0.1) is 11.1 Å². The molecule has 2 rings (SSSR count). The minimum absolute atomic E-state index is 0.103. The average molecular weight is 259 g/mol. The van der Waals surface area contributed by atoms with Gasteiger partial charge in [-0.3, -0.25) is 4.55 Å². The summed E-state index contributed by atoms with van der Waals surface area (Å²) in [5.41, 5.74) is 0.546. The molecule has 2 atom stereocenters. The summed E-state index contributed by atoms with van der Waals surface area (Å²) in [7, 11) is 0. The Hall–Kier alpha value is -1.22. The number of hydrogen-bond acceptors (Lipinski definition) is 5. The minimum Gasteiger partial charge on any atom is -0.619 e. The first-order valence-electron chi connectivity index (χ1n) is 5.09. The normalized spacial score (nSPS) is 19.4. The van der Waals surface area contributed by atoms with Crippen molar-refractivity contribution < 1.29 is 17.7 Å². The Bertz CT molecular complexity index is 413. The predicted molar refractivity (Wildman–Crippen MR) is 61.0 cm³/mol. The van der Waals surface area contributed by atoms with Gasteiger partial charge in [0.05, 0.1) is 0 Å². The van der Waals surface area contributed by atoms with E-state index in [1.165, 1.54) is 12.4 Å². The summed E-state index contributed by atoms with van der Waals surface area (Å²) in [6.45, 7) is 1.41. The third-order valence-electron chi connectivity index (χ3n) is 2.51. The van der Waals surface area contributed by atoms with Crippen LogP contribution in [0.25, 0.3) is 0 Å². The Kier molecular flexibility index (Phi) is 3.89. The number of anilines is 1. The van der Waals surface area contributed by atoms with Gasteiger partial charge in [-0.15, -0.1) is 0 Å². The molecule has 1 aliphatic rings. The second-order valence-electron chi connectivity index (χ2n) is 3.75. The van der Waals surface area contributed by atoms with Crippen LogP contribution in [0.4, 0.5) is 5.69 Å². The van der Waals surface area contributed by atoms with E-state index in [9.17, 15) is 9.42 Å². The van der Waals surface area contributed by atoms with E-state index in [1.807, 2.05) is 0 Å². The van der Waals surface area contributed by atoms with Crippen molar-refractivity contribution in [2.24, 2.45) is 5.92 Å². The lowest BCUT2D eigenvalue weighted by Gasteiger charge is -2.33. The second kappa shape index (κ2) is 5.41. The Morgan fingerprint density at radius 1 is 1.71 bits per heavy atom. The SMILES string of the molecule is O=S(O)OC(Nc1ccc[n+]([O-])c1)C1CNC1. The van der Waals surface area contributed by atoms with Crippen LogP contribution in [0.1, 0.15) is 0 Å². The van der Waals surface area contributed by atoms with E-state index in [2.05, 4.69) is 10.6 Å². The number of pyridine rings is 1. The molecule has 0 spiro atoms. The summed E-state index contributed by atoms with van der Waals surface area (Å²) in [5, 5.41) is 17.0. The molecule has 1 aromatic heterocycles. The molecule has 17 heavy (non-hydrogen) atoms. The topological polar surface area (TPSA) is 97.5 Å². The van der Waals surface area contributed by atoms with Crippen LogP contribution in [-0.2, 0) is 15.5 Å². The van der Waals surface area contributed by atoms with Gasteiger partial charge in [0.15, 0.2) is 12.4 Å². The molecular formula is C9H13N3O4S. The van der Waals surface area contributed by atoms with E-state index >= 15 is 0 Å². The Labute approximate surface area is 101 Å².